The first-order valence-electron chi connectivity index (χ1n) is 7.03. The first kappa shape index (κ1) is 13.7. The van der Waals surface area contributed by atoms with Crippen molar-refractivity contribution in [3.8, 4) is 0 Å². The summed E-state index contributed by atoms with van der Waals surface area (Å²) in [6, 6.07) is 17.5. The highest BCUT2D eigenvalue weighted by atomic mass is 19.1. The van der Waals surface area contributed by atoms with E-state index < -0.39 is 0 Å². The van der Waals surface area contributed by atoms with Gasteiger partial charge in [0.2, 0.25) is 0 Å². The predicted molar refractivity (Wildman–Crippen MR) is 83.7 cm³/mol. The Morgan fingerprint density at radius 3 is 2.71 bits per heavy atom. The quantitative estimate of drug-likeness (QED) is 0.788. The van der Waals surface area contributed by atoms with Crippen LogP contribution in [0.25, 0.3) is 10.9 Å². The van der Waals surface area contributed by atoms with Crippen LogP contribution in [-0.4, -0.2) is 12.0 Å². The van der Waals surface area contributed by atoms with Crippen LogP contribution in [0.15, 0.2) is 54.6 Å². The number of halogens is 1. The summed E-state index contributed by atoms with van der Waals surface area (Å²) in [6.07, 6.45) is 0.640. The Morgan fingerprint density at radius 2 is 1.90 bits per heavy atom. The number of nitrogens with one attached hydrogen (secondary N) is 1. The minimum atomic E-state index is -0.164. The molecule has 106 valence electrons. The second-order valence-electron chi connectivity index (χ2n) is 5.13. The van der Waals surface area contributed by atoms with Gasteiger partial charge in [0.25, 0.3) is 0 Å². The van der Waals surface area contributed by atoms with Gasteiger partial charge in [0.15, 0.2) is 0 Å². The lowest BCUT2D eigenvalue weighted by Gasteiger charge is -2.06. The molecule has 1 heterocycles. The Morgan fingerprint density at radius 1 is 1.05 bits per heavy atom. The van der Waals surface area contributed by atoms with Crippen molar-refractivity contribution in [1.29, 1.82) is 0 Å². The second kappa shape index (κ2) is 6.02. The molecule has 2 nitrogen and oxygen atoms in total. The number of pyridine rings is 1. The number of aromatic nitrogens is 1. The molecule has 0 aliphatic rings. The Bertz CT molecular complexity index is 768. The highest BCUT2D eigenvalue weighted by Gasteiger charge is 2.05. The third-order valence-electron chi connectivity index (χ3n) is 3.53. The van der Waals surface area contributed by atoms with Crippen molar-refractivity contribution < 1.29 is 4.39 Å². The maximum Gasteiger partial charge on any atom is 0.127 e. The van der Waals surface area contributed by atoms with E-state index in [0.717, 1.165) is 22.2 Å². The molecular weight excluding hydrogens is 263 g/mol. The third-order valence-corrected chi connectivity index (χ3v) is 3.53. The van der Waals surface area contributed by atoms with E-state index in [1.54, 1.807) is 6.07 Å². The lowest BCUT2D eigenvalue weighted by atomic mass is 10.1. The van der Waals surface area contributed by atoms with Crippen molar-refractivity contribution in [2.24, 2.45) is 0 Å². The first-order chi connectivity index (χ1) is 10.3. The number of benzene rings is 2. The fourth-order valence-corrected chi connectivity index (χ4v) is 2.45. The molecule has 0 fully saturated rings. The van der Waals surface area contributed by atoms with Gasteiger partial charge in [-0.25, -0.2) is 4.39 Å². The number of fused-ring (bicyclic) bond motifs is 1. The molecule has 0 atom stereocenters. The molecular formula is C18H17FN2. The van der Waals surface area contributed by atoms with Crippen molar-refractivity contribution in [1.82, 2.24) is 10.3 Å². The van der Waals surface area contributed by atoms with Crippen LogP contribution in [0.5, 0.6) is 0 Å². The lowest BCUT2D eigenvalue weighted by molar-refractivity contribution is 0.599. The molecule has 0 saturated carbocycles. The van der Waals surface area contributed by atoms with E-state index in [-0.39, 0.29) is 5.82 Å². The maximum atomic E-state index is 13.9. The van der Waals surface area contributed by atoms with Crippen molar-refractivity contribution in [2.45, 2.75) is 13.0 Å². The van der Waals surface area contributed by atoms with E-state index in [4.69, 9.17) is 0 Å². The monoisotopic (exact) mass is 280 g/mol. The largest absolute Gasteiger partial charge is 0.316 e. The summed E-state index contributed by atoms with van der Waals surface area (Å²) in [4.78, 5) is 4.62. The highest BCUT2D eigenvalue weighted by Crippen LogP contribution is 2.16. The SMILES string of the molecule is CNCc1ccc(Cc2ccc3ccccc3n2)cc1F. The van der Waals surface area contributed by atoms with Gasteiger partial charge in [0, 0.05) is 29.6 Å². The van der Waals surface area contributed by atoms with Gasteiger partial charge < -0.3 is 5.32 Å². The molecule has 0 aliphatic heterocycles. The summed E-state index contributed by atoms with van der Waals surface area (Å²) in [6.45, 7) is 0.542. The molecule has 3 rings (SSSR count). The number of hydrogen-bond acceptors (Lipinski definition) is 2. The minimum Gasteiger partial charge on any atom is -0.316 e. The van der Waals surface area contributed by atoms with Gasteiger partial charge in [0.1, 0.15) is 5.82 Å². The highest BCUT2D eigenvalue weighted by molar-refractivity contribution is 5.78. The molecule has 3 aromatic rings. The smallest absolute Gasteiger partial charge is 0.127 e. The van der Waals surface area contributed by atoms with Crippen LogP contribution in [0.3, 0.4) is 0 Å². The first-order valence-corrected chi connectivity index (χ1v) is 7.03. The second-order valence-corrected chi connectivity index (χ2v) is 5.13. The predicted octanol–water partition coefficient (Wildman–Crippen LogP) is 3.68. The van der Waals surface area contributed by atoms with E-state index >= 15 is 0 Å². The summed E-state index contributed by atoms with van der Waals surface area (Å²) in [5.41, 5.74) is 3.56. The standard InChI is InChI=1S/C18H17FN2/c1-20-12-15-7-6-13(11-17(15)19)10-16-9-8-14-4-2-3-5-18(14)21-16/h2-9,11,20H,10,12H2,1H3. The number of nitrogens with zero attached hydrogens (tertiary/aromatic N) is 1. The van der Waals surface area contributed by atoms with Gasteiger partial charge in [-0.2, -0.15) is 0 Å². The van der Waals surface area contributed by atoms with E-state index in [9.17, 15) is 4.39 Å². The van der Waals surface area contributed by atoms with Crippen LogP contribution in [0.1, 0.15) is 16.8 Å². The number of para-hydroxylation sites is 1. The zero-order valence-electron chi connectivity index (χ0n) is 11.9. The molecule has 0 spiro atoms. The normalized spacial score (nSPS) is 11.0. The molecule has 0 radical (unpaired) electrons. The van der Waals surface area contributed by atoms with Gasteiger partial charge in [0.05, 0.1) is 5.52 Å². The van der Waals surface area contributed by atoms with Gasteiger partial charge in [-0.1, -0.05) is 36.4 Å². The zero-order valence-corrected chi connectivity index (χ0v) is 11.9. The van der Waals surface area contributed by atoms with Crippen molar-refractivity contribution in [3.05, 3.63) is 77.2 Å². The van der Waals surface area contributed by atoms with E-state index in [1.807, 2.05) is 49.5 Å². The fraction of sp³-hybridized carbons (Fsp3) is 0.167. The van der Waals surface area contributed by atoms with Crippen LogP contribution in [0.2, 0.25) is 0 Å². The van der Waals surface area contributed by atoms with E-state index in [2.05, 4.69) is 16.4 Å². The molecule has 1 N–H and O–H groups in total. The van der Waals surface area contributed by atoms with Gasteiger partial charge >= 0.3 is 0 Å². The average molecular weight is 280 g/mol. The molecule has 21 heavy (non-hydrogen) atoms. The minimum absolute atomic E-state index is 0.164. The summed E-state index contributed by atoms with van der Waals surface area (Å²) in [5, 5.41) is 4.08. The molecule has 0 saturated heterocycles. The molecule has 2 aromatic carbocycles. The number of rotatable bonds is 4. The summed E-state index contributed by atoms with van der Waals surface area (Å²) in [7, 11) is 1.81. The molecule has 1 aromatic heterocycles. The van der Waals surface area contributed by atoms with E-state index in [0.29, 0.717) is 18.5 Å². The summed E-state index contributed by atoms with van der Waals surface area (Å²) in [5.74, 6) is -0.164. The van der Waals surface area contributed by atoms with Crippen LogP contribution >= 0.6 is 0 Å². The summed E-state index contributed by atoms with van der Waals surface area (Å²) < 4.78 is 13.9. The van der Waals surface area contributed by atoms with Gasteiger partial charge in [-0.3, -0.25) is 4.98 Å². The van der Waals surface area contributed by atoms with Crippen molar-refractivity contribution in [2.75, 3.05) is 7.05 Å². The fourth-order valence-electron chi connectivity index (χ4n) is 2.45. The van der Waals surface area contributed by atoms with Crippen molar-refractivity contribution >= 4 is 10.9 Å². The Labute approximate surface area is 123 Å². The van der Waals surface area contributed by atoms with Crippen LogP contribution in [0.4, 0.5) is 4.39 Å². The Hall–Kier alpha value is -2.26. The Kier molecular flexibility index (Phi) is 3.93. The van der Waals surface area contributed by atoms with Crippen molar-refractivity contribution in [3.63, 3.8) is 0 Å². The average Bonchev–Trinajstić information content (AvgIpc) is 2.50. The maximum absolute atomic E-state index is 13.9. The molecule has 0 aliphatic carbocycles. The van der Waals surface area contributed by atoms with Crippen LogP contribution < -0.4 is 5.32 Å². The molecule has 3 heteroatoms. The zero-order chi connectivity index (χ0) is 14.7. The van der Waals surface area contributed by atoms with Crippen LogP contribution in [-0.2, 0) is 13.0 Å². The topological polar surface area (TPSA) is 24.9 Å². The lowest BCUT2D eigenvalue weighted by Crippen LogP contribution is -2.07. The van der Waals surface area contributed by atoms with Crippen LogP contribution in [0, 0.1) is 5.82 Å². The van der Waals surface area contributed by atoms with Gasteiger partial charge in [-0.05, 0) is 30.8 Å². The van der Waals surface area contributed by atoms with Gasteiger partial charge in [-0.15, -0.1) is 0 Å². The molecule has 0 bridgehead atoms. The molecule has 0 amide bonds. The third kappa shape index (κ3) is 3.09. The molecule has 0 unspecified atom stereocenters. The summed E-state index contributed by atoms with van der Waals surface area (Å²) >= 11 is 0. The van der Waals surface area contributed by atoms with E-state index in [1.165, 1.54) is 0 Å². The Balaban J connectivity index is 1.86. The number of hydrogen-bond donors (Lipinski definition) is 1.